The number of halogens is 1. The van der Waals surface area contributed by atoms with Crippen LogP contribution in [0.1, 0.15) is 0 Å². The Morgan fingerprint density at radius 1 is 1.33 bits per heavy atom. The van der Waals surface area contributed by atoms with Crippen LogP contribution in [0.15, 0.2) is 30.3 Å². The zero-order valence-electron chi connectivity index (χ0n) is 6.18. The second-order valence-electron chi connectivity index (χ2n) is 2.17. The van der Waals surface area contributed by atoms with Crippen LogP contribution in [0.4, 0.5) is 5.69 Å². The Morgan fingerprint density at radius 2 is 1.92 bits per heavy atom. The zero-order chi connectivity index (χ0) is 8.97. The molecule has 0 fully saturated rings. The molecule has 1 aromatic rings. The molecular weight excluding hydrogens is 178 g/mol. The fourth-order valence-electron chi connectivity index (χ4n) is 0.771. The van der Waals surface area contributed by atoms with Crippen LogP contribution in [0.5, 0.6) is 0 Å². The summed E-state index contributed by atoms with van der Waals surface area (Å²) in [6.07, 6.45) is -1.30. The van der Waals surface area contributed by atoms with Gasteiger partial charge < -0.3 is 0 Å². The molecule has 0 heterocycles. The van der Waals surface area contributed by atoms with E-state index in [0.717, 1.165) is 4.42 Å². The third-order valence-corrected chi connectivity index (χ3v) is 1.73. The van der Waals surface area contributed by atoms with Crippen LogP contribution in [-0.4, -0.2) is 12.5 Å². The lowest BCUT2D eigenvalue weighted by Gasteiger charge is -2.15. The van der Waals surface area contributed by atoms with Gasteiger partial charge in [0, 0.05) is 11.8 Å². The number of nitrogens with zero attached hydrogens (tertiary/aromatic N) is 1. The SMILES string of the molecule is [O]C(C=O)N(Cl)c1ccccc1. The molecule has 4 heteroatoms. The van der Waals surface area contributed by atoms with Gasteiger partial charge in [-0.15, -0.1) is 0 Å². The number of anilines is 1. The van der Waals surface area contributed by atoms with Gasteiger partial charge in [-0.05, 0) is 12.1 Å². The van der Waals surface area contributed by atoms with Crippen LogP contribution in [0, 0.1) is 0 Å². The van der Waals surface area contributed by atoms with Crippen LogP contribution in [-0.2, 0) is 9.90 Å². The summed E-state index contributed by atoms with van der Waals surface area (Å²) < 4.78 is 0.854. The average Bonchev–Trinajstić information content (AvgIpc) is 2.17. The molecule has 3 nitrogen and oxygen atoms in total. The Hall–Kier alpha value is -1.06. The van der Waals surface area contributed by atoms with Crippen molar-refractivity contribution in [3.8, 4) is 0 Å². The van der Waals surface area contributed by atoms with E-state index in [9.17, 15) is 9.90 Å². The van der Waals surface area contributed by atoms with Gasteiger partial charge in [-0.2, -0.15) is 5.11 Å². The second kappa shape index (κ2) is 4.09. The van der Waals surface area contributed by atoms with Gasteiger partial charge in [-0.1, -0.05) is 18.2 Å². The number of carbonyl (C=O) groups is 1. The van der Waals surface area contributed by atoms with E-state index in [1.807, 2.05) is 0 Å². The number of benzene rings is 1. The summed E-state index contributed by atoms with van der Waals surface area (Å²) in [7, 11) is 0. The van der Waals surface area contributed by atoms with Crippen molar-refractivity contribution in [2.24, 2.45) is 0 Å². The van der Waals surface area contributed by atoms with Crippen molar-refractivity contribution < 1.29 is 9.90 Å². The Morgan fingerprint density at radius 3 is 2.42 bits per heavy atom. The first kappa shape index (κ1) is 9.03. The molecule has 0 aliphatic carbocycles. The predicted molar refractivity (Wildman–Crippen MR) is 45.3 cm³/mol. The molecule has 0 aliphatic heterocycles. The van der Waals surface area contributed by atoms with Crippen LogP contribution in [0.2, 0.25) is 0 Å². The van der Waals surface area contributed by atoms with Crippen LogP contribution < -0.4 is 4.42 Å². The number of para-hydroxylation sites is 1. The fourth-order valence-corrected chi connectivity index (χ4v) is 0.929. The molecule has 12 heavy (non-hydrogen) atoms. The van der Waals surface area contributed by atoms with Crippen molar-refractivity contribution in [1.29, 1.82) is 0 Å². The molecule has 1 unspecified atom stereocenters. The third-order valence-electron chi connectivity index (χ3n) is 1.34. The molecule has 0 saturated carbocycles. The van der Waals surface area contributed by atoms with E-state index in [1.165, 1.54) is 0 Å². The van der Waals surface area contributed by atoms with Gasteiger partial charge in [0.25, 0.3) is 0 Å². The molecule has 0 bridgehead atoms. The molecule has 1 rings (SSSR count). The van der Waals surface area contributed by atoms with Gasteiger partial charge in [0.2, 0.25) is 6.23 Å². The third kappa shape index (κ3) is 1.96. The first-order valence-electron chi connectivity index (χ1n) is 3.37. The quantitative estimate of drug-likeness (QED) is 0.407. The molecule has 0 aromatic heterocycles. The van der Waals surface area contributed by atoms with Gasteiger partial charge in [0.1, 0.15) is 0 Å². The Balaban J connectivity index is 2.78. The van der Waals surface area contributed by atoms with E-state index < -0.39 is 6.23 Å². The highest BCUT2D eigenvalue weighted by atomic mass is 35.5. The van der Waals surface area contributed by atoms with Crippen LogP contribution in [0.3, 0.4) is 0 Å². The highest BCUT2D eigenvalue weighted by Crippen LogP contribution is 2.16. The molecule has 0 aliphatic rings. The van der Waals surface area contributed by atoms with Gasteiger partial charge >= 0.3 is 0 Å². The minimum atomic E-state index is -1.55. The topological polar surface area (TPSA) is 40.2 Å². The van der Waals surface area contributed by atoms with Gasteiger partial charge in [-0.25, -0.2) is 4.42 Å². The highest BCUT2D eigenvalue weighted by molar-refractivity contribution is 6.26. The van der Waals surface area contributed by atoms with E-state index in [4.69, 9.17) is 11.8 Å². The zero-order valence-corrected chi connectivity index (χ0v) is 6.94. The second-order valence-corrected chi connectivity index (χ2v) is 2.54. The number of hydrogen-bond donors (Lipinski definition) is 0. The van der Waals surface area contributed by atoms with E-state index in [0.29, 0.717) is 5.69 Å². The van der Waals surface area contributed by atoms with Crippen LogP contribution in [0.25, 0.3) is 0 Å². The number of aldehydes is 1. The highest BCUT2D eigenvalue weighted by Gasteiger charge is 2.13. The molecule has 1 aromatic carbocycles. The molecule has 63 valence electrons. The van der Waals surface area contributed by atoms with E-state index in [2.05, 4.69) is 0 Å². The minimum absolute atomic E-state index is 0.250. The first-order chi connectivity index (χ1) is 5.75. The van der Waals surface area contributed by atoms with Crippen molar-refractivity contribution in [2.75, 3.05) is 4.42 Å². The van der Waals surface area contributed by atoms with Crippen molar-refractivity contribution in [3.63, 3.8) is 0 Å². The van der Waals surface area contributed by atoms with E-state index >= 15 is 0 Å². The van der Waals surface area contributed by atoms with Gasteiger partial charge in [0.05, 0.1) is 5.69 Å². The molecule has 0 saturated heterocycles. The summed E-state index contributed by atoms with van der Waals surface area (Å²) in [4.78, 5) is 10.1. The van der Waals surface area contributed by atoms with Crippen molar-refractivity contribution in [3.05, 3.63) is 30.3 Å². The van der Waals surface area contributed by atoms with Crippen molar-refractivity contribution in [1.82, 2.24) is 0 Å². The van der Waals surface area contributed by atoms with Crippen molar-refractivity contribution in [2.45, 2.75) is 6.23 Å². The van der Waals surface area contributed by atoms with E-state index in [-0.39, 0.29) is 6.29 Å². The molecule has 0 N–H and O–H groups in total. The summed E-state index contributed by atoms with van der Waals surface area (Å²) in [6.45, 7) is 0. The smallest absolute Gasteiger partial charge is 0.234 e. The van der Waals surface area contributed by atoms with Gasteiger partial charge in [0.15, 0.2) is 6.29 Å². The number of rotatable bonds is 3. The normalized spacial score (nSPS) is 12.2. The lowest BCUT2D eigenvalue weighted by molar-refractivity contribution is -0.117. The lowest BCUT2D eigenvalue weighted by Crippen LogP contribution is -2.26. The summed E-state index contributed by atoms with van der Waals surface area (Å²) in [6, 6.07) is 8.59. The Labute approximate surface area is 75.3 Å². The lowest BCUT2D eigenvalue weighted by atomic mass is 10.3. The van der Waals surface area contributed by atoms with Crippen molar-refractivity contribution >= 4 is 23.8 Å². The summed E-state index contributed by atoms with van der Waals surface area (Å²) in [5.74, 6) is 0. The number of carbonyl (C=O) groups excluding carboxylic acids is 1. The molecule has 0 spiro atoms. The monoisotopic (exact) mass is 184 g/mol. The largest absolute Gasteiger partial charge is 0.298 e. The standard InChI is InChI=1S/C8H7ClNO2/c9-10(8(12)6-11)7-4-2-1-3-5-7/h1-6,8H. The first-order valence-corrected chi connectivity index (χ1v) is 3.70. The summed E-state index contributed by atoms with van der Waals surface area (Å²) in [5, 5.41) is 10.8. The molecular formula is C8H7ClNO2. The average molecular weight is 185 g/mol. The van der Waals surface area contributed by atoms with Gasteiger partial charge in [-0.3, -0.25) is 4.79 Å². The Bertz CT molecular complexity index is 252. The van der Waals surface area contributed by atoms with E-state index in [1.54, 1.807) is 30.3 Å². The predicted octanol–water partition coefficient (Wildman–Crippen LogP) is 1.60. The van der Waals surface area contributed by atoms with Crippen LogP contribution >= 0.6 is 11.8 Å². The maximum atomic E-state index is 10.8. The molecule has 0 amide bonds. The summed E-state index contributed by atoms with van der Waals surface area (Å²) >= 11 is 5.55. The maximum absolute atomic E-state index is 10.8. The summed E-state index contributed by atoms with van der Waals surface area (Å²) in [5.41, 5.74) is 0.520. The molecule has 1 radical (unpaired) electrons. The minimum Gasteiger partial charge on any atom is -0.298 e. The molecule has 1 atom stereocenters. The maximum Gasteiger partial charge on any atom is 0.234 e. The Kier molecular flexibility index (Phi) is 3.08. The number of hydrogen-bond acceptors (Lipinski definition) is 2. The fraction of sp³-hybridized carbons (Fsp3) is 0.125.